The number of carbonyl (C=O) groups is 1. The normalized spacial score (nSPS) is 14.5. The van der Waals surface area contributed by atoms with Crippen LogP contribution in [0.3, 0.4) is 0 Å². The lowest BCUT2D eigenvalue weighted by Gasteiger charge is -2.34. The van der Waals surface area contributed by atoms with Gasteiger partial charge in [-0.15, -0.1) is 0 Å². The standard InChI is InChI=1S/C22H23N5O2S/c1-29-18-3-2-4-19-20(18)25-22(30-19)27-13-11-26(12-14-27)10-9-24-21(28)17-7-5-16(15-23)6-8-17/h2-8H,9-14H2,1H3,(H,24,28). The van der Waals surface area contributed by atoms with Crippen molar-refractivity contribution < 1.29 is 9.53 Å². The highest BCUT2D eigenvalue weighted by molar-refractivity contribution is 7.22. The third-order valence-corrected chi connectivity index (χ3v) is 6.30. The summed E-state index contributed by atoms with van der Waals surface area (Å²) in [6, 6.07) is 14.7. The van der Waals surface area contributed by atoms with Crippen LogP contribution in [0.15, 0.2) is 42.5 Å². The minimum Gasteiger partial charge on any atom is -0.494 e. The van der Waals surface area contributed by atoms with Gasteiger partial charge in [0, 0.05) is 44.8 Å². The van der Waals surface area contributed by atoms with Crippen LogP contribution in [0.4, 0.5) is 5.13 Å². The molecule has 0 spiro atoms. The Morgan fingerprint density at radius 1 is 1.20 bits per heavy atom. The molecular weight excluding hydrogens is 398 g/mol. The maximum Gasteiger partial charge on any atom is 0.251 e. The number of amides is 1. The first-order valence-corrected chi connectivity index (χ1v) is 10.7. The van der Waals surface area contributed by atoms with Crippen LogP contribution in [-0.4, -0.2) is 62.2 Å². The predicted molar refractivity (Wildman–Crippen MR) is 118 cm³/mol. The maximum absolute atomic E-state index is 12.2. The molecule has 2 aromatic carbocycles. The van der Waals surface area contributed by atoms with E-state index in [1.54, 1.807) is 42.7 Å². The topological polar surface area (TPSA) is 81.5 Å². The molecule has 1 aliphatic rings. The Balaban J connectivity index is 1.26. The molecule has 3 aromatic rings. The fourth-order valence-electron chi connectivity index (χ4n) is 3.50. The van der Waals surface area contributed by atoms with Crippen LogP contribution < -0.4 is 15.0 Å². The Kier molecular flexibility index (Phi) is 6.12. The van der Waals surface area contributed by atoms with Gasteiger partial charge in [-0.1, -0.05) is 17.4 Å². The fraction of sp³-hybridized carbons (Fsp3) is 0.318. The zero-order valence-corrected chi connectivity index (χ0v) is 17.6. The fourth-order valence-corrected chi connectivity index (χ4v) is 4.53. The molecule has 1 aliphatic heterocycles. The van der Waals surface area contributed by atoms with Gasteiger partial charge in [0.15, 0.2) is 5.13 Å². The average Bonchev–Trinajstić information content (AvgIpc) is 3.24. The van der Waals surface area contributed by atoms with E-state index < -0.39 is 0 Å². The summed E-state index contributed by atoms with van der Waals surface area (Å²) in [4.78, 5) is 21.7. The minimum absolute atomic E-state index is 0.110. The number of nitrogens with zero attached hydrogens (tertiary/aromatic N) is 4. The summed E-state index contributed by atoms with van der Waals surface area (Å²) >= 11 is 1.70. The van der Waals surface area contributed by atoms with Crippen molar-refractivity contribution >= 4 is 32.6 Å². The first-order chi connectivity index (χ1) is 14.7. The highest BCUT2D eigenvalue weighted by Gasteiger charge is 2.20. The van der Waals surface area contributed by atoms with E-state index in [1.807, 2.05) is 12.1 Å². The molecule has 30 heavy (non-hydrogen) atoms. The number of thiazole rings is 1. The number of carbonyl (C=O) groups excluding carboxylic acids is 1. The lowest BCUT2D eigenvalue weighted by Crippen LogP contribution is -2.48. The van der Waals surface area contributed by atoms with Gasteiger partial charge in [0.25, 0.3) is 5.91 Å². The lowest BCUT2D eigenvalue weighted by atomic mass is 10.1. The van der Waals surface area contributed by atoms with Gasteiger partial charge in [0.05, 0.1) is 23.4 Å². The molecule has 1 amide bonds. The minimum atomic E-state index is -0.110. The number of ether oxygens (including phenoxy) is 1. The van der Waals surface area contributed by atoms with Crippen LogP contribution in [0.25, 0.3) is 10.2 Å². The molecule has 154 valence electrons. The van der Waals surface area contributed by atoms with E-state index in [0.29, 0.717) is 17.7 Å². The molecule has 7 nitrogen and oxygen atoms in total. The first kappa shape index (κ1) is 20.1. The highest BCUT2D eigenvalue weighted by Crippen LogP contribution is 2.34. The molecule has 0 bridgehead atoms. The highest BCUT2D eigenvalue weighted by atomic mass is 32.1. The van der Waals surface area contributed by atoms with Gasteiger partial charge in [0.2, 0.25) is 0 Å². The second kappa shape index (κ2) is 9.11. The number of nitriles is 1. The van der Waals surface area contributed by atoms with E-state index in [9.17, 15) is 4.79 Å². The Morgan fingerprint density at radius 3 is 2.67 bits per heavy atom. The van der Waals surface area contributed by atoms with Gasteiger partial charge >= 0.3 is 0 Å². The van der Waals surface area contributed by atoms with Gasteiger partial charge in [0.1, 0.15) is 11.3 Å². The molecule has 0 saturated carbocycles. The van der Waals surface area contributed by atoms with Crippen LogP contribution in [-0.2, 0) is 0 Å². The van der Waals surface area contributed by atoms with Crippen LogP contribution in [0, 0.1) is 11.3 Å². The number of rotatable bonds is 6. The van der Waals surface area contributed by atoms with Crippen LogP contribution in [0.2, 0.25) is 0 Å². The van der Waals surface area contributed by atoms with Gasteiger partial charge in [-0.05, 0) is 36.4 Å². The number of benzene rings is 2. The molecule has 1 aromatic heterocycles. The molecule has 0 aliphatic carbocycles. The number of hydrogen-bond donors (Lipinski definition) is 1. The summed E-state index contributed by atoms with van der Waals surface area (Å²) in [6.45, 7) is 5.08. The molecule has 1 fully saturated rings. The Morgan fingerprint density at radius 2 is 1.97 bits per heavy atom. The average molecular weight is 422 g/mol. The van der Waals surface area contributed by atoms with Gasteiger partial charge in [-0.2, -0.15) is 5.26 Å². The van der Waals surface area contributed by atoms with Gasteiger partial charge in [-0.3, -0.25) is 9.69 Å². The number of piperazine rings is 1. The third-order valence-electron chi connectivity index (χ3n) is 5.22. The summed E-state index contributed by atoms with van der Waals surface area (Å²) < 4.78 is 6.56. The molecular formula is C22H23N5O2S. The summed E-state index contributed by atoms with van der Waals surface area (Å²) in [6.07, 6.45) is 0. The van der Waals surface area contributed by atoms with Gasteiger partial charge < -0.3 is 15.0 Å². The number of aromatic nitrogens is 1. The summed E-state index contributed by atoms with van der Waals surface area (Å²) in [5, 5.41) is 12.8. The summed E-state index contributed by atoms with van der Waals surface area (Å²) in [5.41, 5.74) is 2.05. The third kappa shape index (κ3) is 4.37. The van der Waals surface area contributed by atoms with Crippen LogP contribution >= 0.6 is 11.3 Å². The Labute approximate surface area is 179 Å². The van der Waals surface area contributed by atoms with Crippen molar-refractivity contribution in [1.82, 2.24) is 15.2 Å². The first-order valence-electron chi connectivity index (χ1n) is 9.87. The number of methoxy groups -OCH3 is 1. The molecule has 1 saturated heterocycles. The second-order valence-corrected chi connectivity index (χ2v) is 8.09. The molecule has 0 atom stereocenters. The largest absolute Gasteiger partial charge is 0.494 e. The van der Waals surface area contributed by atoms with Crippen molar-refractivity contribution in [3.63, 3.8) is 0 Å². The van der Waals surface area contributed by atoms with Crippen molar-refractivity contribution in [2.45, 2.75) is 0 Å². The predicted octanol–water partition coefficient (Wildman–Crippen LogP) is 2.73. The van der Waals surface area contributed by atoms with Crippen molar-refractivity contribution in [2.24, 2.45) is 0 Å². The molecule has 8 heteroatoms. The Bertz CT molecular complexity index is 1070. The zero-order chi connectivity index (χ0) is 20.9. The number of anilines is 1. The molecule has 0 radical (unpaired) electrons. The number of hydrogen-bond acceptors (Lipinski definition) is 7. The second-order valence-electron chi connectivity index (χ2n) is 7.08. The quantitative estimate of drug-likeness (QED) is 0.659. The van der Waals surface area contributed by atoms with Gasteiger partial charge in [-0.25, -0.2) is 4.98 Å². The number of fused-ring (bicyclic) bond motifs is 1. The molecule has 4 rings (SSSR count). The van der Waals surface area contributed by atoms with Crippen molar-refractivity contribution in [3.05, 3.63) is 53.6 Å². The zero-order valence-electron chi connectivity index (χ0n) is 16.8. The molecule has 0 unspecified atom stereocenters. The van der Waals surface area contributed by atoms with E-state index in [1.165, 1.54) is 0 Å². The smallest absolute Gasteiger partial charge is 0.251 e. The summed E-state index contributed by atoms with van der Waals surface area (Å²) in [5.74, 6) is 0.702. The van der Waals surface area contributed by atoms with Crippen LogP contribution in [0.1, 0.15) is 15.9 Å². The lowest BCUT2D eigenvalue weighted by molar-refractivity contribution is 0.0948. The van der Waals surface area contributed by atoms with Crippen molar-refractivity contribution in [3.8, 4) is 11.8 Å². The van der Waals surface area contributed by atoms with Crippen LogP contribution in [0.5, 0.6) is 5.75 Å². The van der Waals surface area contributed by atoms with Crippen molar-refractivity contribution in [1.29, 1.82) is 5.26 Å². The monoisotopic (exact) mass is 421 g/mol. The summed E-state index contributed by atoms with van der Waals surface area (Å²) in [7, 11) is 1.67. The number of para-hydroxylation sites is 1. The van der Waals surface area contributed by atoms with Crippen molar-refractivity contribution in [2.75, 3.05) is 51.3 Å². The van der Waals surface area contributed by atoms with E-state index in [4.69, 9.17) is 15.0 Å². The maximum atomic E-state index is 12.2. The van der Waals surface area contributed by atoms with E-state index in [0.717, 1.165) is 53.8 Å². The number of nitrogens with one attached hydrogen (secondary N) is 1. The van der Waals surface area contributed by atoms with E-state index in [2.05, 4.69) is 27.3 Å². The van der Waals surface area contributed by atoms with E-state index >= 15 is 0 Å². The Hall–Kier alpha value is -3.15. The molecule has 2 heterocycles. The molecule has 1 N–H and O–H groups in total. The SMILES string of the molecule is COc1cccc2sc(N3CCN(CCNC(=O)c4ccc(C#N)cc4)CC3)nc12. The van der Waals surface area contributed by atoms with E-state index in [-0.39, 0.29) is 5.91 Å².